The predicted molar refractivity (Wildman–Crippen MR) is 87.0 cm³/mol. The molecule has 0 spiro atoms. The monoisotopic (exact) mass is 351 g/mol. The number of rotatable bonds is 4. The highest BCUT2D eigenvalue weighted by Crippen LogP contribution is 2.29. The number of benzene rings is 2. The van der Waals surface area contributed by atoms with Gasteiger partial charge >= 0.3 is 12.1 Å². The largest absolute Gasteiger partial charge is 0.497 e. The molecule has 2 aromatic carbocycles. The highest BCUT2D eigenvalue weighted by atomic mass is 19.4. The van der Waals surface area contributed by atoms with E-state index in [0.29, 0.717) is 11.3 Å². The molecule has 2 aromatic rings. The minimum atomic E-state index is -5.08. The number of aryl methyl sites for hydroxylation is 2. The standard InChI is InChI=1S/C17H16F3N3O2/c1-11-7-8-15(12(2)9-11)23(16(24)17(18,19)20)22-21-13-5-4-6-14(10-13)25-3/h4-10H,1-3H3/b22-21+. The van der Waals surface area contributed by atoms with E-state index >= 15 is 0 Å². The number of nitrogens with zero attached hydrogens (tertiary/aromatic N) is 3. The van der Waals surface area contributed by atoms with E-state index < -0.39 is 12.1 Å². The lowest BCUT2D eigenvalue weighted by atomic mass is 10.1. The molecule has 5 nitrogen and oxygen atoms in total. The molecular weight excluding hydrogens is 335 g/mol. The van der Waals surface area contributed by atoms with Gasteiger partial charge in [0.1, 0.15) is 5.75 Å². The Morgan fingerprint density at radius 3 is 2.44 bits per heavy atom. The minimum Gasteiger partial charge on any atom is -0.497 e. The third-order valence-electron chi connectivity index (χ3n) is 3.32. The number of alkyl halides is 3. The van der Waals surface area contributed by atoms with Crippen molar-refractivity contribution >= 4 is 17.3 Å². The third kappa shape index (κ3) is 4.56. The summed E-state index contributed by atoms with van der Waals surface area (Å²) in [6.45, 7) is 3.39. The Morgan fingerprint density at radius 1 is 1.12 bits per heavy atom. The van der Waals surface area contributed by atoms with Gasteiger partial charge in [0, 0.05) is 6.07 Å². The van der Waals surface area contributed by atoms with Crippen LogP contribution in [0, 0.1) is 13.8 Å². The molecule has 0 saturated heterocycles. The van der Waals surface area contributed by atoms with Crippen molar-refractivity contribution in [3.05, 3.63) is 53.6 Å². The maximum Gasteiger partial charge on any atom is 0.473 e. The molecule has 2 rings (SSSR count). The van der Waals surface area contributed by atoms with Crippen molar-refractivity contribution in [2.24, 2.45) is 10.3 Å². The van der Waals surface area contributed by atoms with Gasteiger partial charge in [0.15, 0.2) is 0 Å². The first kappa shape index (κ1) is 18.4. The van der Waals surface area contributed by atoms with E-state index in [2.05, 4.69) is 10.3 Å². The molecule has 132 valence electrons. The predicted octanol–water partition coefficient (Wildman–Crippen LogP) is 4.91. The number of carbonyl (C=O) groups is 1. The number of hydrogen-bond acceptors (Lipinski definition) is 4. The average molecular weight is 351 g/mol. The van der Waals surface area contributed by atoms with Crippen LogP contribution in [0.2, 0.25) is 0 Å². The van der Waals surface area contributed by atoms with E-state index in [0.717, 1.165) is 5.56 Å². The first-order chi connectivity index (χ1) is 11.7. The lowest BCUT2D eigenvalue weighted by Crippen LogP contribution is -2.38. The number of carbonyl (C=O) groups excluding carboxylic acids is 1. The van der Waals surface area contributed by atoms with Crippen molar-refractivity contribution in [1.29, 1.82) is 0 Å². The molecule has 0 aliphatic rings. The van der Waals surface area contributed by atoms with E-state index in [1.165, 1.54) is 25.3 Å². The fourth-order valence-electron chi connectivity index (χ4n) is 2.13. The number of amides is 1. The molecule has 0 aromatic heterocycles. The van der Waals surface area contributed by atoms with Gasteiger partial charge in [0.2, 0.25) is 0 Å². The number of methoxy groups -OCH3 is 1. The summed E-state index contributed by atoms with van der Waals surface area (Å²) in [5.74, 6) is -1.65. The maximum atomic E-state index is 12.9. The Hall–Kier alpha value is -2.90. The third-order valence-corrected chi connectivity index (χ3v) is 3.32. The van der Waals surface area contributed by atoms with Crippen LogP contribution in [0.15, 0.2) is 52.8 Å². The van der Waals surface area contributed by atoms with Gasteiger partial charge in [0.25, 0.3) is 0 Å². The first-order valence-corrected chi connectivity index (χ1v) is 7.26. The van der Waals surface area contributed by atoms with Crippen molar-refractivity contribution < 1.29 is 22.7 Å². The van der Waals surface area contributed by atoms with Crippen LogP contribution >= 0.6 is 0 Å². The zero-order chi connectivity index (χ0) is 18.6. The molecule has 0 N–H and O–H groups in total. The summed E-state index contributed by atoms with van der Waals surface area (Å²) in [6, 6.07) is 10.9. The smallest absolute Gasteiger partial charge is 0.473 e. The molecule has 0 radical (unpaired) electrons. The lowest BCUT2D eigenvalue weighted by molar-refractivity contribution is -0.170. The van der Waals surface area contributed by atoms with Crippen molar-refractivity contribution in [3.63, 3.8) is 0 Å². The van der Waals surface area contributed by atoms with Gasteiger partial charge in [-0.1, -0.05) is 29.0 Å². The SMILES string of the molecule is COc1cccc(/N=N/N(C(=O)C(F)(F)F)c2ccc(C)cc2C)c1. The fourth-order valence-corrected chi connectivity index (χ4v) is 2.13. The molecule has 0 heterocycles. The number of halogens is 3. The van der Waals surface area contributed by atoms with Crippen LogP contribution in [0.3, 0.4) is 0 Å². The van der Waals surface area contributed by atoms with E-state index in [4.69, 9.17) is 4.74 Å². The average Bonchev–Trinajstić information content (AvgIpc) is 2.55. The number of ether oxygens (including phenoxy) is 1. The molecule has 0 unspecified atom stereocenters. The molecule has 0 atom stereocenters. The topological polar surface area (TPSA) is 54.3 Å². The second kappa shape index (κ2) is 7.33. The second-order valence-corrected chi connectivity index (χ2v) is 5.30. The van der Waals surface area contributed by atoms with Crippen LogP contribution in [0.1, 0.15) is 11.1 Å². The lowest BCUT2D eigenvalue weighted by Gasteiger charge is -2.19. The molecule has 8 heteroatoms. The van der Waals surface area contributed by atoms with Crippen molar-refractivity contribution in [2.75, 3.05) is 12.1 Å². The molecule has 0 saturated carbocycles. The summed E-state index contributed by atoms with van der Waals surface area (Å²) in [7, 11) is 1.45. The fraction of sp³-hybridized carbons (Fsp3) is 0.235. The van der Waals surface area contributed by atoms with E-state index in [-0.39, 0.29) is 16.4 Å². The number of anilines is 1. The van der Waals surface area contributed by atoms with Crippen LogP contribution in [-0.2, 0) is 4.79 Å². The van der Waals surface area contributed by atoms with E-state index in [9.17, 15) is 18.0 Å². The molecule has 0 fully saturated rings. The van der Waals surface area contributed by atoms with Gasteiger partial charge in [-0.3, -0.25) is 4.79 Å². The van der Waals surface area contributed by atoms with E-state index in [1.807, 2.05) is 0 Å². The zero-order valence-electron chi connectivity index (χ0n) is 13.8. The Balaban J connectivity index is 2.44. The molecule has 0 bridgehead atoms. The van der Waals surface area contributed by atoms with E-state index in [1.54, 1.807) is 38.1 Å². The molecular formula is C17H16F3N3O2. The summed E-state index contributed by atoms with van der Waals surface area (Å²) in [6.07, 6.45) is -5.08. The van der Waals surface area contributed by atoms with Crippen LogP contribution in [0.4, 0.5) is 24.5 Å². The summed E-state index contributed by atoms with van der Waals surface area (Å²) < 4.78 is 43.8. The molecule has 25 heavy (non-hydrogen) atoms. The Kier molecular flexibility index (Phi) is 5.41. The van der Waals surface area contributed by atoms with Crippen LogP contribution in [-0.4, -0.2) is 19.2 Å². The Bertz CT molecular complexity index is 804. The summed E-state index contributed by atoms with van der Waals surface area (Å²) in [5, 5.41) is 7.53. The summed E-state index contributed by atoms with van der Waals surface area (Å²) >= 11 is 0. The molecule has 1 amide bonds. The van der Waals surface area contributed by atoms with Gasteiger partial charge < -0.3 is 4.74 Å². The van der Waals surface area contributed by atoms with Gasteiger partial charge in [-0.05, 0) is 37.6 Å². The van der Waals surface area contributed by atoms with Crippen LogP contribution in [0.5, 0.6) is 5.75 Å². The van der Waals surface area contributed by atoms with Crippen molar-refractivity contribution in [2.45, 2.75) is 20.0 Å². The normalized spacial score (nSPS) is 11.6. The van der Waals surface area contributed by atoms with Gasteiger partial charge in [-0.25, -0.2) is 0 Å². The van der Waals surface area contributed by atoms with Crippen molar-refractivity contribution in [1.82, 2.24) is 0 Å². The Morgan fingerprint density at radius 2 is 1.84 bits per heavy atom. The second-order valence-electron chi connectivity index (χ2n) is 5.30. The number of hydrogen-bond donors (Lipinski definition) is 0. The quantitative estimate of drug-likeness (QED) is 0.581. The summed E-state index contributed by atoms with van der Waals surface area (Å²) in [4.78, 5) is 11.8. The van der Waals surface area contributed by atoms with Crippen LogP contribution < -0.4 is 9.75 Å². The van der Waals surface area contributed by atoms with Gasteiger partial charge in [-0.15, -0.1) is 5.11 Å². The highest BCUT2D eigenvalue weighted by molar-refractivity contribution is 5.97. The summed E-state index contributed by atoms with van der Waals surface area (Å²) in [5.41, 5.74) is 1.59. The van der Waals surface area contributed by atoms with Crippen LogP contribution in [0.25, 0.3) is 0 Å². The molecule has 0 aliphatic carbocycles. The van der Waals surface area contributed by atoms with Gasteiger partial charge in [-0.2, -0.15) is 18.2 Å². The Labute approximate surface area is 142 Å². The molecule has 0 aliphatic heterocycles. The van der Waals surface area contributed by atoms with Crippen molar-refractivity contribution in [3.8, 4) is 5.75 Å². The van der Waals surface area contributed by atoms with Gasteiger partial charge in [0.05, 0.1) is 18.5 Å². The highest BCUT2D eigenvalue weighted by Gasteiger charge is 2.44. The first-order valence-electron chi connectivity index (χ1n) is 7.26. The minimum absolute atomic E-state index is 0.0135. The maximum absolute atomic E-state index is 12.9. The zero-order valence-corrected chi connectivity index (χ0v) is 13.8.